The molecule has 0 atom stereocenters. The lowest BCUT2D eigenvalue weighted by Gasteiger charge is -2.18. The normalized spacial score (nSPS) is 10.6. The quantitative estimate of drug-likeness (QED) is 0.810. The molecule has 0 bridgehead atoms. The maximum atomic E-state index is 12.0. The van der Waals surface area contributed by atoms with E-state index in [1.807, 2.05) is 30.9 Å². The summed E-state index contributed by atoms with van der Waals surface area (Å²) in [7, 11) is 0. The first-order chi connectivity index (χ1) is 10.2. The molecule has 1 heterocycles. The molecule has 0 saturated heterocycles. The highest BCUT2D eigenvalue weighted by Crippen LogP contribution is 2.26. The number of aryl methyl sites for hydroxylation is 2. The minimum absolute atomic E-state index is 0.213. The molecule has 4 heteroatoms. The molecule has 0 N–H and O–H groups in total. The summed E-state index contributed by atoms with van der Waals surface area (Å²) in [5.41, 5.74) is 3.43. The lowest BCUT2D eigenvalue weighted by molar-refractivity contribution is -0.130. The Balaban J connectivity index is 2.01. The predicted octanol–water partition coefficient (Wildman–Crippen LogP) is 3.92. The number of thiazole rings is 1. The van der Waals surface area contributed by atoms with Crippen molar-refractivity contribution in [3.63, 3.8) is 0 Å². The Morgan fingerprint density at radius 3 is 2.62 bits per heavy atom. The van der Waals surface area contributed by atoms with E-state index >= 15 is 0 Å². The van der Waals surface area contributed by atoms with Crippen molar-refractivity contribution in [3.05, 3.63) is 40.9 Å². The number of carbonyl (C=O) groups excluding carboxylic acids is 1. The van der Waals surface area contributed by atoms with Gasteiger partial charge in [0.2, 0.25) is 5.91 Å². The van der Waals surface area contributed by atoms with Crippen molar-refractivity contribution < 1.29 is 4.79 Å². The van der Waals surface area contributed by atoms with Gasteiger partial charge in [0.25, 0.3) is 0 Å². The highest BCUT2D eigenvalue weighted by molar-refractivity contribution is 7.13. The van der Waals surface area contributed by atoms with Gasteiger partial charge in [0.15, 0.2) is 0 Å². The summed E-state index contributed by atoms with van der Waals surface area (Å²) >= 11 is 1.65. The van der Waals surface area contributed by atoms with E-state index in [1.165, 1.54) is 11.1 Å². The molecule has 21 heavy (non-hydrogen) atoms. The molecule has 0 spiro atoms. The average Bonchev–Trinajstić information content (AvgIpc) is 2.95. The van der Waals surface area contributed by atoms with Crippen molar-refractivity contribution in [2.24, 2.45) is 0 Å². The number of benzene rings is 1. The Bertz CT molecular complexity index is 602. The monoisotopic (exact) mass is 302 g/mol. The minimum atomic E-state index is 0.213. The summed E-state index contributed by atoms with van der Waals surface area (Å²) in [6, 6.07) is 8.27. The van der Waals surface area contributed by atoms with Crippen LogP contribution in [0.15, 0.2) is 29.6 Å². The van der Waals surface area contributed by atoms with Crippen LogP contribution in [0.25, 0.3) is 10.6 Å². The maximum absolute atomic E-state index is 12.0. The second kappa shape index (κ2) is 7.36. The third-order valence-corrected chi connectivity index (χ3v) is 4.56. The molecule has 3 nitrogen and oxygen atoms in total. The van der Waals surface area contributed by atoms with E-state index in [2.05, 4.69) is 29.4 Å². The molecule has 0 aliphatic carbocycles. The van der Waals surface area contributed by atoms with Crippen molar-refractivity contribution in [1.29, 1.82) is 0 Å². The van der Waals surface area contributed by atoms with E-state index < -0.39 is 0 Å². The van der Waals surface area contributed by atoms with Gasteiger partial charge in [-0.05, 0) is 32.8 Å². The van der Waals surface area contributed by atoms with Crippen LogP contribution in [-0.4, -0.2) is 28.9 Å². The summed E-state index contributed by atoms with van der Waals surface area (Å²) in [5.74, 6) is 0.213. The van der Waals surface area contributed by atoms with Crippen molar-refractivity contribution in [2.45, 2.75) is 33.6 Å². The number of aromatic nitrogens is 1. The molecule has 1 amide bonds. The van der Waals surface area contributed by atoms with E-state index in [0.717, 1.165) is 30.2 Å². The fraction of sp³-hybridized carbons (Fsp3) is 0.412. The van der Waals surface area contributed by atoms with Gasteiger partial charge in [-0.25, -0.2) is 4.98 Å². The molecule has 2 aromatic rings. The van der Waals surface area contributed by atoms with Crippen LogP contribution in [-0.2, 0) is 11.2 Å². The Labute approximate surface area is 130 Å². The Morgan fingerprint density at radius 2 is 1.95 bits per heavy atom. The van der Waals surface area contributed by atoms with Crippen molar-refractivity contribution >= 4 is 17.2 Å². The van der Waals surface area contributed by atoms with Gasteiger partial charge >= 0.3 is 0 Å². The first-order valence-electron chi connectivity index (χ1n) is 7.43. The molecule has 0 radical (unpaired) electrons. The average molecular weight is 302 g/mol. The molecular weight excluding hydrogens is 280 g/mol. The van der Waals surface area contributed by atoms with Gasteiger partial charge < -0.3 is 4.90 Å². The molecule has 0 unspecified atom stereocenters. The SMILES string of the molecule is CCN(CC)C(=O)CCc1csc(-c2ccccc2C)n1. The van der Waals surface area contributed by atoms with Gasteiger partial charge in [-0.1, -0.05) is 24.3 Å². The fourth-order valence-corrected chi connectivity index (χ4v) is 3.27. The van der Waals surface area contributed by atoms with Gasteiger partial charge in [0, 0.05) is 30.5 Å². The van der Waals surface area contributed by atoms with Gasteiger partial charge in [0.05, 0.1) is 5.69 Å². The fourth-order valence-electron chi connectivity index (χ4n) is 2.33. The van der Waals surface area contributed by atoms with Crippen LogP contribution < -0.4 is 0 Å². The van der Waals surface area contributed by atoms with Crippen LogP contribution in [0.5, 0.6) is 0 Å². The minimum Gasteiger partial charge on any atom is -0.343 e. The van der Waals surface area contributed by atoms with Crippen molar-refractivity contribution in [1.82, 2.24) is 9.88 Å². The van der Waals surface area contributed by atoms with Gasteiger partial charge in [-0.15, -0.1) is 11.3 Å². The first-order valence-corrected chi connectivity index (χ1v) is 8.31. The highest BCUT2D eigenvalue weighted by Gasteiger charge is 2.12. The summed E-state index contributed by atoms with van der Waals surface area (Å²) in [6.07, 6.45) is 1.26. The third kappa shape index (κ3) is 3.91. The second-order valence-electron chi connectivity index (χ2n) is 5.02. The van der Waals surface area contributed by atoms with E-state index in [0.29, 0.717) is 6.42 Å². The first kappa shape index (κ1) is 15.7. The smallest absolute Gasteiger partial charge is 0.222 e. The molecule has 1 aromatic heterocycles. The molecule has 2 rings (SSSR count). The predicted molar refractivity (Wildman–Crippen MR) is 88.5 cm³/mol. The topological polar surface area (TPSA) is 33.2 Å². The van der Waals surface area contributed by atoms with E-state index in [9.17, 15) is 4.79 Å². The van der Waals surface area contributed by atoms with Gasteiger partial charge in [-0.3, -0.25) is 4.79 Å². The summed E-state index contributed by atoms with van der Waals surface area (Å²) in [4.78, 5) is 18.6. The molecule has 112 valence electrons. The van der Waals surface area contributed by atoms with E-state index in [-0.39, 0.29) is 5.91 Å². The molecule has 0 fully saturated rings. The zero-order valence-corrected chi connectivity index (χ0v) is 13.7. The Morgan fingerprint density at radius 1 is 1.24 bits per heavy atom. The van der Waals surface area contributed by atoms with Crippen LogP contribution in [0.4, 0.5) is 0 Å². The number of nitrogens with zero attached hydrogens (tertiary/aromatic N) is 2. The maximum Gasteiger partial charge on any atom is 0.222 e. The van der Waals surface area contributed by atoms with E-state index in [1.54, 1.807) is 11.3 Å². The largest absolute Gasteiger partial charge is 0.343 e. The lowest BCUT2D eigenvalue weighted by atomic mass is 10.1. The molecule has 0 saturated carbocycles. The number of hydrogen-bond donors (Lipinski definition) is 0. The van der Waals surface area contributed by atoms with Gasteiger partial charge in [0.1, 0.15) is 5.01 Å². The molecular formula is C17H22N2OS. The van der Waals surface area contributed by atoms with Crippen LogP contribution in [0.3, 0.4) is 0 Å². The van der Waals surface area contributed by atoms with Crippen LogP contribution in [0.2, 0.25) is 0 Å². The van der Waals surface area contributed by atoms with Crippen molar-refractivity contribution in [3.8, 4) is 10.6 Å². The Kier molecular flexibility index (Phi) is 5.51. The summed E-state index contributed by atoms with van der Waals surface area (Å²) < 4.78 is 0. The van der Waals surface area contributed by atoms with Crippen LogP contribution in [0.1, 0.15) is 31.5 Å². The number of amides is 1. The third-order valence-electron chi connectivity index (χ3n) is 3.64. The standard InChI is InChI=1S/C17H22N2OS/c1-4-19(5-2)16(20)11-10-14-12-21-17(18-14)15-9-7-6-8-13(15)3/h6-9,12H,4-5,10-11H2,1-3H3. The zero-order valence-electron chi connectivity index (χ0n) is 12.9. The number of hydrogen-bond acceptors (Lipinski definition) is 3. The number of carbonyl (C=O) groups is 1. The molecule has 0 aliphatic heterocycles. The van der Waals surface area contributed by atoms with Crippen LogP contribution in [0, 0.1) is 6.92 Å². The summed E-state index contributed by atoms with van der Waals surface area (Å²) in [5, 5.41) is 3.11. The van der Waals surface area contributed by atoms with Crippen LogP contribution >= 0.6 is 11.3 Å². The highest BCUT2D eigenvalue weighted by atomic mass is 32.1. The van der Waals surface area contributed by atoms with E-state index in [4.69, 9.17) is 0 Å². The Hall–Kier alpha value is -1.68. The summed E-state index contributed by atoms with van der Waals surface area (Å²) in [6.45, 7) is 7.68. The van der Waals surface area contributed by atoms with Crippen molar-refractivity contribution in [2.75, 3.05) is 13.1 Å². The lowest BCUT2D eigenvalue weighted by Crippen LogP contribution is -2.30. The second-order valence-corrected chi connectivity index (χ2v) is 5.88. The number of rotatable bonds is 6. The zero-order chi connectivity index (χ0) is 15.2. The molecule has 0 aliphatic rings. The van der Waals surface area contributed by atoms with Gasteiger partial charge in [-0.2, -0.15) is 0 Å². The molecule has 1 aromatic carbocycles.